The minimum Gasteiger partial charge on any atom is -0.459 e. The number of carbonyl (C=O) groups excluding carboxylic acids is 3. The Kier molecular flexibility index (Phi) is 14.5. The van der Waals surface area contributed by atoms with E-state index in [0.29, 0.717) is 51.2 Å². The van der Waals surface area contributed by atoms with Crippen LogP contribution in [0.3, 0.4) is 0 Å². The standard InChI is InChI=1S/C26H47N3O7/c1-19(2)7-8-24(30)23-16-21(36-26(32)22-6-5-9-28-22)17-29(23)25(31)18-35-15-14-34-13-12-33-11-10-27-20(3)4/h19-23,27-28H,5-18H2,1-4H3. The zero-order valence-corrected chi connectivity index (χ0v) is 22.6. The molecule has 0 aromatic carbocycles. The molecule has 10 heteroatoms. The highest BCUT2D eigenvalue weighted by Crippen LogP contribution is 2.24. The van der Waals surface area contributed by atoms with Crippen LogP contribution in [0, 0.1) is 5.92 Å². The van der Waals surface area contributed by atoms with Gasteiger partial charge in [0.25, 0.3) is 0 Å². The van der Waals surface area contributed by atoms with Crippen molar-refractivity contribution in [3.05, 3.63) is 0 Å². The van der Waals surface area contributed by atoms with Gasteiger partial charge in [0.2, 0.25) is 5.91 Å². The summed E-state index contributed by atoms with van der Waals surface area (Å²) in [7, 11) is 0. The lowest BCUT2D eigenvalue weighted by atomic mass is 10.00. The normalized spacial score (nSPS) is 22.1. The van der Waals surface area contributed by atoms with Gasteiger partial charge in [-0.05, 0) is 31.7 Å². The third kappa shape index (κ3) is 11.6. The first-order chi connectivity index (χ1) is 17.3. The van der Waals surface area contributed by atoms with Crippen LogP contribution < -0.4 is 10.6 Å². The van der Waals surface area contributed by atoms with Crippen LogP contribution in [0.4, 0.5) is 0 Å². The first-order valence-corrected chi connectivity index (χ1v) is 13.5. The molecule has 2 rings (SSSR count). The SMILES string of the molecule is CC(C)CCC(=O)C1CC(OC(=O)C2CCCN2)CN1C(=O)COCCOCCOCCNC(C)C. The zero-order valence-electron chi connectivity index (χ0n) is 22.6. The minimum absolute atomic E-state index is 0.0153. The van der Waals surface area contributed by atoms with Crippen LogP contribution >= 0.6 is 0 Å². The Bertz CT molecular complexity index is 668. The molecule has 0 aromatic rings. The van der Waals surface area contributed by atoms with Gasteiger partial charge in [-0.3, -0.25) is 14.4 Å². The molecular weight excluding hydrogens is 466 g/mol. The summed E-state index contributed by atoms with van der Waals surface area (Å²) in [6.07, 6.45) is 2.73. The van der Waals surface area contributed by atoms with Crippen molar-refractivity contribution in [2.45, 2.75) is 84.0 Å². The zero-order chi connectivity index (χ0) is 26.3. The summed E-state index contributed by atoms with van der Waals surface area (Å²) in [4.78, 5) is 39.8. The van der Waals surface area contributed by atoms with Crippen LogP contribution in [0.15, 0.2) is 0 Å². The second kappa shape index (κ2) is 17.0. The van der Waals surface area contributed by atoms with Gasteiger partial charge in [0.1, 0.15) is 18.8 Å². The van der Waals surface area contributed by atoms with Crippen molar-refractivity contribution in [1.29, 1.82) is 0 Å². The first kappa shape index (κ1) is 30.6. The van der Waals surface area contributed by atoms with Crippen molar-refractivity contribution in [2.75, 3.05) is 59.3 Å². The number of ketones is 1. The predicted octanol–water partition coefficient (Wildman–Crippen LogP) is 1.30. The van der Waals surface area contributed by atoms with Gasteiger partial charge in [-0.25, -0.2) is 0 Å². The first-order valence-electron chi connectivity index (χ1n) is 13.5. The third-order valence-corrected chi connectivity index (χ3v) is 6.32. The number of ether oxygens (including phenoxy) is 4. The number of carbonyl (C=O) groups is 3. The Hall–Kier alpha value is -1.59. The summed E-state index contributed by atoms with van der Waals surface area (Å²) in [5.74, 6) is -0.154. The Morgan fingerprint density at radius 3 is 2.33 bits per heavy atom. The number of Topliss-reactive ketones (excluding diaryl/α,β-unsaturated/α-hetero) is 1. The van der Waals surface area contributed by atoms with Crippen LogP contribution in [-0.2, 0) is 33.3 Å². The largest absolute Gasteiger partial charge is 0.459 e. The highest BCUT2D eigenvalue weighted by atomic mass is 16.6. The molecule has 0 saturated carbocycles. The van der Waals surface area contributed by atoms with E-state index >= 15 is 0 Å². The maximum absolute atomic E-state index is 12.9. The summed E-state index contributed by atoms with van der Waals surface area (Å²) >= 11 is 0. The molecule has 0 bridgehead atoms. The fourth-order valence-corrected chi connectivity index (χ4v) is 4.30. The molecule has 2 fully saturated rings. The van der Waals surface area contributed by atoms with Gasteiger partial charge in [-0.15, -0.1) is 0 Å². The van der Waals surface area contributed by atoms with Gasteiger partial charge in [-0.1, -0.05) is 27.7 Å². The Labute approximate surface area is 216 Å². The van der Waals surface area contributed by atoms with Crippen LogP contribution in [0.1, 0.15) is 59.8 Å². The molecule has 2 aliphatic rings. The average Bonchev–Trinajstić information content (AvgIpc) is 3.51. The molecule has 0 aromatic heterocycles. The molecule has 2 N–H and O–H groups in total. The van der Waals surface area contributed by atoms with Gasteiger partial charge in [0.15, 0.2) is 5.78 Å². The highest BCUT2D eigenvalue weighted by Gasteiger charge is 2.41. The lowest BCUT2D eigenvalue weighted by Gasteiger charge is -2.23. The second-order valence-electron chi connectivity index (χ2n) is 10.3. The van der Waals surface area contributed by atoms with Crippen molar-refractivity contribution >= 4 is 17.7 Å². The lowest BCUT2D eigenvalue weighted by Crippen LogP contribution is -2.43. The van der Waals surface area contributed by atoms with E-state index in [2.05, 4.69) is 38.3 Å². The molecule has 2 saturated heterocycles. The molecule has 0 aliphatic carbocycles. The molecule has 1 amide bonds. The summed E-state index contributed by atoms with van der Waals surface area (Å²) in [5.41, 5.74) is 0. The van der Waals surface area contributed by atoms with Crippen LogP contribution in [-0.4, -0.2) is 106 Å². The molecule has 208 valence electrons. The number of nitrogens with zero attached hydrogens (tertiary/aromatic N) is 1. The number of esters is 1. The summed E-state index contributed by atoms with van der Waals surface area (Å²) in [6, 6.07) is -0.433. The molecule has 0 radical (unpaired) electrons. The fraction of sp³-hybridized carbons (Fsp3) is 0.885. The summed E-state index contributed by atoms with van der Waals surface area (Å²) in [5, 5.41) is 6.41. The maximum Gasteiger partial charge on any atom is 0.323 e. The van der Waals surface area contributed by atoms with E-state index in [1.807, 2.05) is 0 Å². The predicted molar refractivity (Wildman–Crippen MR) is 136 cm³/mol. The van der Waals surface area contributed by atoms with E-state index in [1.54, 1.807) is 0 Å². The third-order valence-electron chi connectivity index (χ3n) is 6.32. The molecule has 36 heavy (non-hydrogen) atoms. The topological polar surface area (TPSA) is 115 Å². The Morgan fingerprint density at radius 2 is 1.69 bits per heavy atom. The van der Waals surface area contributed by atoms with E-state index in [0.717, 1.165) is 32.4 Å². The van der Waals surface area contributed by atoms with E-state index in [-0.39, 0.29) is 43.5 Å². The molecule has 2 heterocycles. The van der Waals surface area contributed by atoms with Gasteiger partial charge in [-0.2, -0.15) is 0 Å². The summed E-state index contributed by atoms with van der Waals surface area (Å²) < 4.78 is 22.1. The quantitative estimate of drug-likeness (QED) is 0.207. The number of hydrogen-bond donors (Lipinski definition) is 2. The van der Waals surface area contributed by atoms with E-state index in [9.17, 15) is 14.4 Å². The van der Waals surface area contributed by atoms with E-state index < -0.39 is 12.1 Å². The maximum atomic E-state index is 12.9. The Morgan fingerprint density at radius 1 is 1.00 bits per heavy atom. The minimum atomic E-state index is -0.576. The van der Waals surface area contributed by atoms with Crippen molar-refractivity contribution in [3.8, 4) is 0 Å². The van der Waals surface area contributed by atoms with Crippen molar-refractivity contribution in [3.63, 3.8) is 0 Å². The second-order valence-corrected chi connectivity index (χ2v) is 10.3. The van der Waals surface area contributed by atoms with Crippen LogP contribution in [0.25, 0.3) is 0 Å². The van der Waals surface area contributed by atoms with Gasteiger partial charge in [0.05, 0.1) is 45.6 Å². The number of amides is 1. The smallest absolute Gasteiger partial charge is 0.323 e. The molecular formula is C26H47N3O7. The highest BCUT2D eigenvalue weighted by molar-refractivity contribution is 5.90. The van der Waals surface area contributed by atoms with Gasteiger partial charge in [0, 0.05) is 25.4 Å². The number of likely N-dealkylation sites (tertiary alicyclic amines) is 1. The van der Waals surface area contributed by atoms with E-state index in [4.69, 9.17) is 18.9 Å². The number of hydrogen-bond acceptors (Lipinski definition) is 9. The molecule has 0 spiro atoms. The van der Waals surface area contributed by atoms with E-state index in [1.165, 1.54) is 4.90 Å². The molecule has 2 aliphatic heterocycles. The van der Waals surface area contributed by atoms with Crippen molar-refractivity contribution in [2.24, 2.45) is 5.92 Å². The van der Waals surface area contributed by atoms with Gasteiger partial charge >= 0.3 is 5.97 Å². The van der Waals surface area contributed by atoms with Crippen molar-refractivity contribution in [1.82, 2.24) is 15.5 Å². The molecule has 3 unspecified atom stereocenters. The lowest BCUT2D eigenvalue weighted by molar-refractivity contribution is -0.151. The van der Waals surface area contributed by atoms with Crippen molar-refractivity contribution < 1.29 is 33.3 Å². The Balaban J connectivity index is 1.71. The van der Waals surface area contributed by atoms with Gasteiger partial charge < -0.3 is 34.5 Å². The molecule has 10 nitrogen and oxygen atoms in total. The summed E-state index contributed by atoms with van der Waals surface area (Å²) in [6.45, 7) is 12.2. The fourth-order valence-electron chi connectivity index (χ4n) is 4.30. The van der Waals surface area contributed by atoms with Crippen LogP contribution in [0.5, 0.6) is 0 Å². The number of nitrogens with one attached hydrogen (secondary N) is 2. The number of rotatable bonds is 18. The average molecular weight is 514 g/mol. The van der Waals surface area contributed by atoms with Crippen LogP contribution in [0.2, 0.25) is 0 Å². The molecule has 3 atom stereocenters. The monoisotopic (exact) mass is 513 g/mol.